The number of hydrogen-bond acceptors (Lipinski definition) is 5. The van der Waals surface area contributed by atoms with Crippen molar-refractivity contribution >= 4 is 46.8 Å². The highest BCUT2D eigenvalue weighted by atomic mass is 35.5. The predicted molar refractivity (Wildman–Crippen MR) is 145 cm³/mol. The Labute approximate surface area is 234 Å². The fourth-order valence-electron chi connectivity index (χ4n) is 6.26. The Morgan fingerprint density at radius 2 is 1.97 bits per heavy atom. The van der Waals surface area contributed by atoms with E-state index in [0.717, 1.165) is 80.3 Å². The number of carbonyl (C=O) groups excluding carboxylic acids is 1. The van der Waals surface area contributed by atoms with E-state index >= 15 is 0 Å². The van der Waals surface area contributed by atoms with Gasteiger partial charge in [-0.1, -0.05) is 18.5 Å². The Morgan fingerprint density at radius 1 is 1.26 bits per heavy atom. The van der Waals surface area contributed by atoms with Crippen LogP contribution in [0, 0.1) is 0 Å². The number of nitrogens with one attached hydrogen (secondary N) is 2. The molecule has 1 aliphatic heterocycles. The van der Waals surface area contributed by atoms with Gasteiger partial charge in [-0.2, -0.15) is 13.2 Å². The van der Waals surface area contributed by atoms with Crippen molar-refractivity contribution in [1.82, 2.24) is 19.9 Å². The van der Waals surface area contributed by atoms with Gasteiger partial charge in [0.1, 0.15) is 6.54 Å². The lowest BCUT2D eigenvalue weighted by atomic mass is 9.74. The molecule has 1 atom stereocenters. The minimum absolute atomic E-state index is 0. The minimum atomic E-state index is -4.54. The van der Waals surface area contributed by atoms with Crippen molar-refractivity contribution in [2.24, 2.45) is 0 Å². The fraction of sp³-hybridized carbons (Fsp3) is 0.481. The zero-order valence-electron chi connectivity index (χ0n) is 21.2. The smallest absolute Gasteiger partial charge is 0.323 e. The van der Waals surface area contributed by atoms with E-state index < -0.39 is 17.6 Å². The summed E-state index contributed by atoms with van der Waals surface area (Å²) in [5.74, 6) is -0.150. The lowest BCUT2D eigenvalue weighted by Gasteiger charge is -2.34. The van der Waals surface area contributed by atoms with Gasteiger partial charge in [0.05, 0.1) is 28.2 Å². The Bertz CT molecular complexity index is 1510. The predicted octanol–water partition coefficient (Wildman–Crippen LogP) is 5.53. The molecule has 7 nitrogen and oxygen atoms in total. The summed E-state index contributed by atoms with van der Waals surface area (Å²) in [4.78, 5) is 36.6. The molecule has 12 heteroatoms. The zero-order chi connectivity index (χ0) is 26.8. The van der Waals surface area contributed by atoms with Crippen LogP contribution in [0.3, 0.4) is 0 Å². The molecule has 1 saturated carbocycles. The number of nitrogens with zero attached hydrogens (tertiary/aromatic N) is 3. The summed E-state index contributed by atoms with van der Waals surface area (Å²) in [6.07, 6.45) is 1.64. The first-order valence-corrected chi connectivity index (χ1v) is 13.3. The number of halogens is 5. The fourth-order valence-corrected chi connectivity index (χ4v) is 6.49. The number of rotatable bonds is 4. The third kappa shape index (κ3) is 4.91. The van der Waals surface area contributed by atoms with E-state index in [-0.39, 0.29) is 51.9 Å². The van der Waals surface area contributed by atoms with Crippen LogP contribution in [0.15, 0.2) is 29.2 Å². The van der Waals surface area contributed by atoms with Crippen LogP contribution >= 0.6 is 24.0 Å². The molecule has 1 saturated heterocycles. The van der Waals surface area contributed by atoms with Crippen LogP contribution in [0.25, 0.3) is 11.2 Å². The first-order valence-electron chi connectivity index (χ1n) is 12.9. The molecule has 0 radical (unpaired) electrons. The van der Waals surface area contributed by atoms with Gasteiger partial charge in [-0.15, -0.1) is 12.4 Å². The second-order valence-corrected chi connectivity index (χ2v) is 11.2. The zero-order valence-corrected chi connectivity index (χ0v) is 22.8. The molecule has 3 heterocycles. The van der Waals surface area contributed by atoms with Gasteiger partial charge in [-0.25, -0.2) is 9.97 Å². The van der Waals surface area contributed by atoms with Crippen molar-refractivity contribution in [3.8, 4) is 0 Å². The van der Waals surface area contributed by atoms with Gasteiger partial charge >= 0.3 is 6.18 Å². The van der Waals surface area contributed by atoms with Gasteiger partial charge in [0.2, 0.25) is 11.3 Å². The molecular formula is C27H28Cl2F3N5O2. The molecule has 1 unspecified atom stereocenters. The highest BCUT2D eigenvalue weighted by Crippen LogP contribution is 2.50. The van der Waals surface area contributed by atoms with Crippen LogP contribution in [0.1, 0.15) is 73.4 Å². The van der Waals surface area contributed by atoms with Gasteiger partial charge in [-0.05, 0) is 69.3 Å². The Balaban J connectivity index is 0.00000308. The molecule has 2 N–H and O–H groups in total. The maximum atomic E-state index is 14.0. The molecule has 39 heavy (non-hydrogen) atoms. The van der Waals surface area contributed by atoms with Crippen molar-refractivity contribution in [3.63, 3.8) is 0 Å². The van der Waals surface area contributed by atoms with E-state index in [1.165, 1.54) is 0 Å². The molecule has 2 fully saturated rings. The van der Waals surface area contributed by atoms with E-state index in [4.69, 9.17) is 16.6 Å². The molecule has 1 amide bonds. The number of anilines is 1. The van der Waals surface area contributed by atoms with Crippen LogP contribution in [0.2, 0.25) is 5.02 Å². The van der Waals surface area contributed by atoms with Gasteiger partial charge < -0.3 is 15.2 Å². The molecule has 2 aromatic heterocycles. The average molecular weight is 582 g/mol. The van der Waals surface area contributed by atoms with Crippen LogP contribution in [0.5, 0.6) is 0 Å². The van der Waals surface area contributed by atoms with E-state index in [2.05, 4.69) is 22.5 Å². The van der Waals surface area contributed by atoms with E-state index in [0.29, 0.717) is 11.6 Å². The normalized spacial score (nSPS) is 20.1. The Morgan fingerprint density at radius 3 is 2.62 bits per heavy atom. The van der Waals surface area contributed by atoms with Gasteiger partial charge in [0, 0.05) is 22.6 Å². The number of benzene rings is 1. The van der Waals surface area contributed by atoms with Crippen LogP contribution in [-0.2, 0) is 22.9 Å². The van der Waals surface area contributed by atoms with Crippen molar-refractivity contribution in [2.45, 2.75) is 69.0 Å². The van der Waals surface area contributed by atoms with Crippen LogP contribution < -0.4 is 16.1 Å². The number of piperidine rings is 1. The van der Waals surface area contributed by atoms with Crippen molar-refractivity contribution < 1.29 is 18.0 Å². The maximum absolute atomic E-state index is 14.0. The molecular weight excluding hydrogens is 554 g/mol. The monoisotopic (exact) mass is 581 g/mol. The maximum Gasteiger partial charge on any atom is 0.416 e. The summed E-state index contributed by atoms with van der Waals surface area (Å²) in [5.41, 5.74) is 1.77. The van der Waals surface area contributed by atoms with E-state index in [9.17, 15) is 22.8 Å². The highest BCUT2D eigenvalue weighted by molar-refractivity contribution is 6.33. The number of alkyl halides is 3. The summed E-state index contributed by atoms with van der Waals surface area (Å²) < 4.78 is 40.9. The van der Waals surface area contributed by atoms with Crippen molar-refractivity contribution in [3.05, 3.63) is 62.2 Å². The number of aromatic nitrogens is 3. The molecule has 0 bridgehead atoms. The SMILES string of the molecule is CC1CC2(CCNCC2)c2c1n(CC(=O)Nc1ccc(C(F)(F)F)cc1Cl)c1ncc(C3CC3)nc1c2=O.Cl. The molecule has 3 aromatic rings. The molecule has 208 valence electrons. The number of carbonyl (C=O) groups is 1. The molecule has 3 aliphatic rings. The Hall–Kier alpha value is -2.69. The van der Waals surface area contributed by atoms with Crippen LogP contribution in [-0.4, -0.2) is 33.5 Å². The van der Waals surface area contributed by atoms with Gasteiger partial charge in [0.25, 0.3) is 0 Å². The third-order valence-electron chi connectivity index (χ3n) is 8.14. The molecule has 1 spiro atoms. The molecule has 6 rings (SSSR count). The lowest BCUT2D eigenvalue weighted by Crippen LogP contribution is -2.41. The summed E-state index contributed by atoms with van der Waals surface area (Å²) in [5, 5.41) is 5.81. The number of hydrogen-bond donors (Lipinski definition) is 2. The van der Waals surface area contributed by atoms with Crippen molar-refractivity contribution in [1.29, 1.82) is 0 Å². The second-order valence-electron chi connectivity index (χ2n) is 10.8. The number of amides is 1. The highest BCUT2D eigenvalue weighted by Gasteiger charge is 2.47. The summed E-state index contributed by atoms with van der Waals surface area (Å²) in [6.45, 7) is 3.51. The standard InChI is InChI=1S/C27H27ClF3N5O2.ClH/c1-14-11-26(6-8-32-9-7-26)21-23(14)36(25-22(24(21)38)35-19(12-33-25)15-2-3-15)13-20(37)34-18-5-4-16(10-17(18)28)27(29,30)31;/h4-5,10,12,14-15,32H,2-3,6-9,11,13H2,1H3,(H,34,37);1H. The van der Waals surface area contributed by atoms with Crippen molar-refractivity contribution in [2.75, 3.05) is 18.4 Å². The number of fused-ring (bicyclic) bond motifs is 3. The minimum Gasteiger partial charge on any atom is -0.323 e. The van der Waals surface area contributed by atoms with Gasteiger partial charge in [-0.3, -0.25) is 9.59 Å². The topological polar surface area (TPSA) is 88.9 Å². The Kier molecular flexibility index (Phi) is 7.18. The summed E-state index contributed by atoms with van der Waals surface area (Å²) in [7, 11) is 0. The molecule has 1 aromatic carbocycles. The number of pyridine rings is 1. The average Bonchev–Trinajstić information content (AvgIpc) is 3.68. The third-order valence-corrected chi connectivity index (χ3v) is 8.45. The summed E-state index contributed by atoms with van der Waals surface area (Å²) in [6, 6.07) is 2.81. The summed E-state index contributed by atoms with van der Waals surface area (Å²) >= 11 is 6.07. The lowest BCUT2D eigenvalue weighted by molar-refractivity contribution is -0.137. The molecule has 2 aliphatic carbocycles. The first kappa shape index (κ1) is 27.9. The van der Waals surface area contributed by atoms with E-state index in [1.807, 2.05) is 0 Å². The first-order chi connectivity index (χ1) is 18.1. The van der Waals surface area contributed by atoms with Gasteiger partial charge in [0.15, 0.2) is 11.2 Å². The quantitative estimate of drug-likeness (QED) is 0.423. The van der Waals surface area contributed by atoms with Crippen LogP contribution in [0.4, 0.5) is 18.9 Å². The van der Waals surface area contributed by atoms with E-state index in [1.54, 1.807) is 10.8 Å². The second kappa shape index (κ2) is 10.1. The largest absolute Gasteiger partial charge is 0.416 e.